The molecule has 0 aliphatic heterocycles. The van der Waals surface area contributed by atoms with E-state index in [1.54, 1.807) is 23.9 Å². The Hall–Kier alpha value is -1.36. The largest absolute Gasteiger partial charge is 0.504 e. The second-order valence-electron chi connectivity index (χ2n) is 3.72. The quantitative estimate of drug-likeness (QED) is 0.843. The second-order valence-corrected chi connectivity index (χ2v) is 4.63. The predicted octanol–water partition coefficient (Wildman–Crippen LogP) is 1.88. The molecule has 94 valence electrons. The summed E-state index contributed by atoms with van der Waals surface area (Å²) in [5, 5.41) is 12.4. The predicted molar refractivity (Wildman–Crippen MR) is 70.0 cm³/mol. The molecule has 0 saturated carbocycles. The standard InChI is InChI=1S/C12H17NO3S/c1-8(7-17-3)13-12(15)9-4-5-11(16-2)10(14)6-9/h4-6,8,14H,7H2,1-3H3,(H,13,15). The molecular formula is C12H17NO3S. The summed E-state index contributed by atoms with van der Waals surface area (Å²) in [6.07, 6.45) is 1.99. The normalized spacial score (nSPS) is 11.9. The first-order valence-electron chi connectivity index (χ1n) is 5.25. The fourth-order valence-electron chi connectivity index (χ4n) is 1.43. The Labute approximate surface area is 105 Å². The Kier molecular flexibility index (Phi) is 5.15. The van der Waals surface area contributed by atoms with Gasteiger partial charge in [0.1, 0.15) is 0 Å². The Balaban J connectivity index is 2.72. The molecule has 4 nitrogen and oxygen atoms in total. The van der Waals surface area contributed by atoms with Crippen molar-refractivity contribution in [3.8, 4) is 11.5 Å². The number of amides is 1. The van der Waals surface area contributed by atoms with Crippen LogP contribution in [0, 0.1) is 0 Å². The lowest BCUT2D eigenvalue weighted by atomic mass is 10.2. The van der Waals surface area contributed by atoms with Crippen molar-refractivity contribution in [1.29, 1.82) is 0 Å². The molecule has 1 unspecified atom stereocenters. The fraction of sp³-hybridized carbons (Fsp3) is 0.417. The molecule has 1 rings (SSSR count). The van der Waals surface area contributed by atoms with E-state index in [0.717, 1.165) is 5.75 Å². The number of phenolic OH excluding ortho intramolecular Hbond substituents is 1. The zero-order valence-corrected chi connectivity index (χ0v) is 11.0. The first-order valence-corrected chi connectivity index (χ1v) is 6.64. The van der Waals surface area contributed by atoms with Crippen molar-refractivity contribution < 1.29 is 14.6 Å². The Bertz CT molecular complexity index is 395. The third kappa shape index (κ3) is 3.85. The van der Waals surface area contributed by atoms with Crippen LogP contribution in [-0.4, -0.2) is 36.2 Å². The van der Waals surface area contributed by atoms with Crippen LogP contribution in [0.25, 0.3) is 0 Å². The van der Waals surface area contributed by atoms with Crippen LogP contribution in [0.2, 0.25) is 0 Å². The van der Waals surface area contributed by atoms with E-state index in [9.17, 15) is 9.90 Å². The molecule has 0 spiro atoms. The highest BCUT2D eigenvalue weighted by Gasteiger charge is 2.11. The smallest absolute Gasteiger partial charge is 0.251 e. The minimum Gasteiger partial charge on any atom is -0.504 e. The van der Waals surface area contributed by atoms with Crippen LogP contribution in [0.3, 0.4) is 0 Å². The molecule has 0 aromatic heterocycles. The SMILES string of the molecule is COc1ccc(C(=O)NC(C)CSC)cc1O. The number of carbonyl (C=O) groups excluding carboxylic acids is 1. The van der Waals surface area contributed by atoms with Crippen LogP contribution >= 0.6 is 11.8 Å². The van der Waals surface area contributed by atoms with E-state index < -0.39 is 0 Å². The Morgan fingerprint density at radius 2 is 2.29 bits per heavy atom. The highest BCUT2D eigenvalue weighted by molar-refractivity contribution is 7.98. The first-order chi connectivity index (χ1) is 8.08. The maximum absolute atomic E-state index is 11.8. The zero-order chi connectivity index (χ0) is 12.8. The summed E-state index contributed by atoms with van der Waals surface area (Å²) in [5.41, 5.74) is 0.427. The summed E-state index contributed by atoms with van der Waals surface area (Å²) in [4.78, 5) is 11.8. The monoisotopic (exact) mass is 255 g/mol. The lowest BCUT2D eigenvalue weighted by Gasteiger charge is -2.13. The van der Waals surface area contributed by atoms with Gasteiger partial charge in [0.15, 0.2) is 11.5 Å². The number of methoxy groups -OCH3 is 1. The van der Waals surface area contributed by atoms with Crippen LogP contribution in [0.5, 0.6) is 11.5 Å². The second kappa shape index (κ2) is 6.39. The molecule has 0 aliphatic carbocycles. The van der Waals surface area contributed by atoms with Gasteiger partial charge in [0.2, 0.25) is 0 Å². The molecule has 1 aromatic rings. The molecule has 0 radical (unpaired) electrons. The number of hydrogen-bond donors (Lipinski definition) is 2. The van der Waals surface area contributed by atoms with E-state index in [2.05, 4.69) is 5.32 Å². The maximum Gasteiger partial charge on any atom is 0.251 e. The summed E-state index contributed by atoms with van der Waals surface area (Å²) < 4.78 is 4.91. The number of benzene rings is 1. The fourth-order valence-corrected chi connectivity index (χ4v) is 2.01. The van der Waals surface area contributed by atoms with Crippen molar-refractivity contribution in [3.63, 3.8) is 0 Å². The number of carbonyl (C=O) groups is 1. The van der Waals surface area contributed by atoms with Gasteiger partial charge >= 0.3 is 0 Å². The van der Waals surface area contributed by atoms with Gasteiger partial charge in [0.25, 0.3) is 5.91 Å². The van der Waals surface area contributed by atoms with Crippen molar-refractivity contribution in [2.75, 3.05) is 19.1 Å². The van der Waals surface area contributed by atoms with Crippen molar-refractivity contribution in [1.82, 2.24) is 5.32 Å². The highest BCUT2D eigenvalue weighted by atomic mass is 32.2. The van der Waals surface area contributed by atoms with Crippen LogP contribution in [0.4, 0.5) is 0 Å². The molecule has 0 saturated heterocycles. The Morgan fingerprint density at radius 1 is 1.59 bits per heavy atom. The van der Waals surface area contributed by atoms with E-state index in [4.69, 9.17) is 4.74 Å². The minimum atomic E-state index is -0.190. The van der Waals surface area contributed by atoms with Gasteiger partial charge in [-0.2, -0.15) is 11.8 Å². The number of phenols is 1. The maximum atomic E-state index is 11.8. The molecule has 1 aromatic carbocycles. The molecular weight excluding hydrogens is 238 g/mol. The van der Waals surface area contributed by atoms with E-state index in [1.807, 2.05) is 13.2 Å². The van der Waals surface area contributed by atoms with E-state index in [-0.39, 0.29) is 17.7 Å². The number of nitrogens with one attached hydrogen (secondary N) is 1. The average molecular weight is 255 g/mol. The van der Waals surface area contributed by atoms with Crippen molar-refractivity contribution in [2.24, 2.45) is 0 Å². The van der Waals surface area contributed by atoms with Gasteiger partial charge in [-0.1, -0.05) is 0 Å². The van der Waals surface area contributed by atoms with E-state index in [1.165, 1.54) is 13.2 Å². The van der Waals surface area contributed by atoms with Crippen molar-refractivity contribution >= 4 is 17.7 Å². The van der Waals surface area contributed by atoms with Gasteiger partial charge in [0.05, 0.1) is 7.11 Å². The van der Waals surface area contributed by atoms with Crippen LogP contribution in [0.1, 0.15) is 17.3 Å². The number of thioether (sulfide) groups is 1. The molecule has 2 N–H and O–H groups in total. The van der Waals surface area contributed by atoms with Gasteiger partial charge in [-0.05, 0) is 31.4 Å². The topological polar surface area (TPSA) is 58.6 Å². The van der Waals surface area contributed by atoms with Crippen LogP contribution in [0.15, 0.2) is 18.2 Å². The molecule has 0 heterocycles. The van der Waals surface area contributed by atoms with Crippen LogP contribution < -0.4 is 10.1 Å². The summed E-state index contributed by atoms with van der Waals surface area (Å²) in [5.74, 6) is 0.995. The lowest BCUT2D eigenvalue weighted by Crippen LogP contribution is -2.34. The molecule has 5 heteroatoms. The van der Waals surface area contributed by atoms with Crippen molar-refractivity contribution in [2.45, 2.75) is 13.0 Å². The van der Waals surface area contributed by atoms with Gasteiger partial charge in [-0.15, -0.1) is 0 Å². The third-order valence-corrected chi connectivity index (χ3v) is 3.07. The van der Waals surface area contributed by atoms with Crippen molar-refractivity contribution in [3.05, 3.63) is 23.8 Å². The molecule has 1 amide bonds. The van der Waals surface area contributed by atoms with Gasteiger partial charge in [-0.3, -0.25) is 4.79 Å². The van der Waals surface area contributed by atoms with Gasteiger partial charge in [0, 0.05) is 17.4 Å². The molecule has 0 aliphatic rings. The van der Waals surface area contributed by atoms with E-state index in [0.29, 0.717) is 11.3 Å². The first kappa shape index (κ1) is 13.7. The number of ether oxygens (including phenoxy) is 1. The summed E-state index contributed by atoms with van der Waals surface area (Å²) >= 11 is 1.67. The molecule has 17 heavy (non-hydrogen) atoms. The van der Waals surface area contributed by atoms with Crippen LogP contribution in [-0.2, 0) is 0 Å². The summed E-state index contributed by atoms with van der Waals surface area (Å²) in [7, 11) is 1.47. The third-order valence-electron chi connectivity index (χ3n) is 2.24. The van der Waals surface area contributed by atoms with Gasteiger partial charge < -0.3 is 15.2 Å². The Morgan fingerprint density at radius 3 is 2.82 bits per heavy atom. The molecule has 0 fully saturated rings. The summed E-state index contributed by atoms with van der Waals surface area (Å²) in [6.45, 7) is 1.94. The summed E-state index contributed by atoms with van der Waals surface area (Å²) in [6, 6.07) is 4.70. The lowest BCUT2D eigenvalue weighted by molar-refractivity contribution is 0.0943. The molecule has 0 bridgehead atoms. The van der Waals surface area contributed by atoms with E-state index >= 15 is 0 Å². The zero-order valence-electron chi connectivity index (χ0n) is 10.2. The number of rotatable bonds is 5. The number of hydrogen-bond acceptors (Lipinski definition) is 4. The molecule has 1 atom stereocenters. The van der Waals surface area contributed by atoms with Gasteiger partial charge in [-0.25, -0.2) is 0 Å². The number of aromatic hydroxyl groups is 1. The highest BCUT2D eigenvalue weighted by Crippen LogP contribution is 2.26. The minimum absolute atomic E-state index is 0.0299. The average Bonchev–Trinajstić information content (AvgIpc) is 2.29.